The number of hydrogen-bond donors (Lipinski definition) is 3. The van der Waals surface area contributed by atoms with Crippen LogP contribution in [0.3, 0.4) is 0 Å². The normalized spacial score (nSPS) is 13.8. The van der Waals surface area contributed by atoms with Crippen molar-refractivity contribution >= 4 is 27.5 Å². The van der Waals surface area contributed by atoms with Crippen molar-refractivity contribution in [3.8, 4) is 0 Å². The lowest BCUT2D eigenvalue weighted by molar-refractivity contribution is 0.0779. The number of benzene rings is 3. The van der Waals surface area contributed by atoms with Crippen molar-refractivity contribution in [2.24, 2.45) is 0 Å². The van der Waals surface area contributed by atoms with Gasteiger partial charge in [0.15, 0.2) is 0 Å². The maximum atomic E-state index is 13.8. The molecule has 0 radical (unpaired) electrons. The summed E-state index contributed by atoms with van der Waals surface area (Å²) < 4.78 is 27.4. The quantitative estimate of drug-likeness (QED) is 0.212. The van der Waals surface area contributed by atoms with Crippen molar-refractivity contribution in [1.29, 1.82) is 0 Å². The molecule has 0 spiro atoms. The van der Waals surface area contributed by atoms with Gasteiger partial charge in [-0.05, 0) is 42.7 Å². The smallest absolute Gasteiger partial charge is 0.251 e. The third kappa shape index (κ3) is 9.01. The minimum atomic E-state index is -3.71. The van der Waals surface area contributed by atoms with Crippen LogP contribution >= 0.6 is 0 Å². The van der Waals surface area contributed by atoms with E-state index in [1.54, 1.807) is 10.9 Å². The van der Waals surface area contributed by atoms with E-state index in [9.17, 15) is 23.1 Å². The summed E-state index contributed by atoms with van der Waals surface area (Å²) in [5, 5.41) is 25.6. The van der Waals surface area contributed by atoms with E-state index in [4.69, 9.17) is 0 Å². The topological polar surface area (TPSA) is 147 Å². The van der Waals surface area contributed by atoms with Crippen molar-refractivity contribution in [1.82, 2.24) is 25.6 Å². The average Bonchev–Trinajstić information content (AvgIpc) is 3.50. The largest absolute Gasteiger partial charge is 0.389 e. The second-order valence-electron chi connectivity index (χ2n) is 12.5. The Labute approximate surface area is 270 Å². The Balaban J connectivity index is 1.64. The predicted molar refractivity (Wildman–Crippen MR) is 178 cm³/mol. The monoisotopic (exact) mass is 646 g/mol. The summed E-state index contributed by atoms with van der Waals surface area (Å²) in [6, 6.07) is 22.0. The summed E-state index contributed by atoms with van der Waals surface area (Å²) in [6.45, 7) is 7.96. The first-order valence-corrected chi connectivity index (χ1v) is 16.8. The molecule has 0 fully saturated rings. The van der Waals surface area contributed by atoms with E-state index < -0.39 is 34.0 Å². The van der Waals surface area contributed by atoms with E-state index in [0.717, 1.165) is 27.4 Å². The van der Waals surface area contributed by atoms with E-state index in [0.29, 0.717) is 6.42 Å². The van der Waals surface area contributed by atoms with Crippen LogP contribution in [0.2, 0.25) is 0 Å². The molecule has 0 saturated carbocycles. The number of anilines is 1. The van der Waals surface area contributed by atoms with E-state index in [1.807, 2.05) is 88.4 Å². The predicted octanol–water partition coefficient (Wildman–Crippen LogP) is 3.86. The number of aliphatic hydroxyl groups excluding tert-OH is 1. The summed E-state index contributed by atoms with van der Waals surface area (Å²) in [7, 11) is -2.36. The molecule has 3 atom stereocenters. The highest BCUT2D eigenvalue weighted by atomic mass is 32.2. The number of carbonyl (C=O) groups is 2. The molecule has 1 aromatic heterocycles. The standard InChI is InChI=1S/C34H42N6O5S/c1-23(25-15-11-8-12-16-25)35-32(42)26-18-27(20-28(19-26)39(5)46(6,44)45)33(43)36-29(17-24-13-9-7-10-14-24)30(41)21-40-22-31(37-38-40)34(2,3)4/h7-16,18-20,22-23,29-30,41H,17,21H2,1-6H3,(H,35,42)(H,36,43)/t23-,29+,30+/m1/s1. The van der Waals surface area contributed by atoms with Gasteiger partial charge in [0.2, 0.25) is 10.0 Å². The van der Waals surface area contributed by atoms with Gasteiger partial charge in [-0.25, -0.2) is 13.1 Å². The molecule has 0 bridgehead atoms. The fourth-order valence-electron chi connectivity index (χ4n) is 4.80. The number of carbonyl (C=O) groups excluding carboxylic acids is 2. The number of rotatable bonds is 12. The van der Waals surface area contributed by atoms with Crippen LogP contribution in [0, 0.1) is 0 Å². The van der Waals surface area contributed by atoms with Gasteiger partial charge in [0, 0.05) is 29.8 Å². The third-order valence-electron chi connectivity index (χ3n) is 7.71. The summed E-state index contributed by atoms with van der Waals surface area (Å²) in [5.41, 5.74) is 2.63. The van der Waals surface area contributed by atoms with Crippen LogP contribution in [0.1, 0.15) is 71.3 Å². The van der Waals surface area contributed by atoms with Gasteiger partial charge in [-0.3, -0.25) is 13.9 Å². The molecule has 0 aliphatic carbocycles. The Bertz CT molecular complexity index is 1750. The number of nitrogens with one attached hydrogen (secondary N) is 2. The minimum absolute atomic E-state index is 0.0616. The van der Waals surface area contributed by atoms with Gasteiger partial charge >= 0.3 is 0 Å². The Morgan fingerprint density at radius 1 is 0.935 bits per heavy atom. The highest BCUT2D eigenvalue weighted by molar-refractivity contribution is 7.92. The van der Waals surface area contributed by atoms with Gasteiger partial charge in [-0.2, -0.15) is 0 Å². The molecule has 11 nitrogen and oxygen atoms in total. The summed E-state index contributed by atoms with van der Waals surface area (Å²) >= 11 is 0. The Morgan fingerprint density at radius 2 is 1.50 bits per heavy atom. The van der Waals surface area contributed by atoms with Gasteiger partial charge < -0.3 is 15.7 Å². The molecule has 0 unspecified atom stereocenters. The number of nitrogens with zero attached hydrogens (tertiary/aromatic N) is 4. The fraction of sp³-hybridized carbons (Fsp3) is 0.353. The van der Waals surface area contributed by atoms with Crippen LogP contribution in [-0.4, -0.2) is 65.8 Å². The lowest BCUT2D eigenvalue weighted by Gasteiger charge is -2.25. The number of sulfonamides is 1. The Hall–Kier alpha value is -4.55. The highest BCUT2D eigenvalue weighted by Gasteiger charge is 2.26. The zero-order valence-corrected chi connectivity index (χ0v) is 27.8. The van der Waals surface area contributed by atoms with Gasteiger partial charge in [-0.1, -0.05) is 86.6 Å². The van der Waals surface area contributed by atoms with E-state index in [-0.39, 0.29) is 34.8 Å². The second kappa shape index (κ2) is 14.3. The number of aromatic nitrogens is 3. The minimum Gasteiger partial charge on any atom is -0.389 e. The van der Waals surface area contributed by atoms with Crippen molar-refractivity contribution in [3.63, 3.8) is 0 Å². The molecule has 0 aliphatic rings. The van der Waals surface area contributed by atoms with Gasteiger partial charge in [0.25, 0.3) is 11.8 Å². The Kier molecular flexibility index (Phi) is 10.6. The van der Waals surface area contributed by atoms with Crippen molar-refractivity contribution in [2.75, 3.05) is 17.6 Å². The lowest BCUT2D eigenvalue weighted by atomic mass is 9.93. The maximum Gasteiger partial charge on any atom is 0.251 e. The van der Waals surface area contributed by atoms with Crippen LogP contribution in [0.25, 0.3) is 0 Å². The molecule has 2 amide bonds. The molecular weight excluding hydrogens is 604 g/mol. The molecule has 4 aromatic rings. The molecule has 4 rings (SSSR count). The first kappa shape index (κ1) is 34.3. The van der Waals surface area contributed by atoms with Crippen LogP contribution in [0.4, 0.5) is 5.69 Å². The van der Waals surface area contributed by atoms with Crippen molar-refractivity contribution in [3.05, 3.63) is 113 Å². The van der Waals surface area contributed by atoms with Gasteiger partial charge in [0.1, 0.15) is 0 Å². The number of aliphatic hydroxyl groups is 1. The lowest BCUT2D eigenvalue weighted by Crippen LogP contribution is -2.46. The van der Waals surface area contributed by atoms with Gasteiger partial charge in [0.05, 0.1) is 42.4 Å². The first-order valence-electron chi connectivity index (χ1n) is 15.0. The third-order valence-corrected chi connectivity index (χ3v) is 8.92. The molecule has 0 saturated heterocycles. The SMILES string of the molecule is C[C@@H](NC(=O)c1cc(C(=O)N[C@@H](Cc2ccccc2)[C@@H](O)Cn2cc(C(C)(C)C)nn2)cc(N(C)S(C)(=O)=O)c1)c1ccccc1. The zero-order chi connectivity index (χ0) is 33.6. The first-order chi connectivity index (χ1) is 21.6. The molecule has 12 heteroatoms. The molecular formula is C34H42N6O5S. The van der Waals surface area contributed by atoms with Crippen LogP contribution < -0.4 is 14.9 Å². The molecule has 46 heavy (non-hydrogen) atoms. The molecule has 1 heterocycles. The second-order valence-corrected chi connectivity index (χ2v) is 14.5. The van der Waals surface area contributed by atoms with E-state index >= 15 is 0 Å². The van der Waals surface area contributed by atoms with Crippen LogP contribution in [0.15, 0.2) is 85.1 Å². The van der Waals surface area contributed by atoms with Gasteiger partial charge in [-0.15, -0.1) is 5.10 Å². The molecule has 3 N–H and O–H groups in total. The maximum absolute atomic E-state index is 13.8. The van der Waals surface area contributed by atoms with Crippen LogP contribution in [0.5, 0.6) is 0 Å². The van der Waals surface area contributed by atoms with Crippen molar-refractivity contribution < 1.29 is 23.1 Å². The van der Waals surface area contributed by atoms with Crippen molar-refractivity contribution in [2.45, 2.75) is 64.3 Å². The highest BCUT2D eigenvalue weighted by Crippen LogP contribution is 2.23. The van der Waals surface area contributed by atoms with E-state index in [2.05, 4.69) is 20.9 Å². The number of hydrogen-bond acceptors (Lipinski definition) is 7. The molecule has 3 aromatic carbocycles. The average molecular weight is 647 g/mol. The Morgan fingerprint density at radius 3 is 2.04 bits per heavy atom. The molecule has 0 aliphatic heterocycles. The number of amides is 2. The summed E-state index contributed by atoms with van der Waals surface area (Å²) in [5.74, 6) is -1.06. The van der Waals surface area contributed by atoms with Crippen LogP contribution in [-0.2, 0) is 28.4 Å². The fourth-order valence-corrected chi connectivity index (χ4v) is 5.29. The summed E-state index contributed by atoms with van der Waals surface area (Å²) in [4.78, 5) is 27.2. The van der Waals surface area contributed by atoms with E-state index in [1.165, 1.54) is 25.2 Å². The molecule has 244 valence electrons. The summed E-state index contributed by atoms with van der Waals surface area (Å²) in [6.07, 6.45) is 2.06. The zero-order valence-electron chi connectivity index (χ0n) is 27.0.